The minimum absolute atomic E-state index is 0.00319. The van der Waals surface area contributed by atoms with E-state index < -0.39 is 0 Å². The fourth-order valence-corrected chi connectivity index (χ4v) is 2.03. The van der Waals surface area contributed by atoms with Crippen LogP contribution in [0, 0.1) is 10.7 Å². The molecule has 0 spiro atoms. The molecule has 1 unspecified atom stereocenters. The van der Waals surface area contributed by atoms with Crippen molar-refractivity contribution in [1.82, 2.24) is 5.32 Å². The van der Waals surface area contributed by atoms with Crippen molar-refractivity contribution in [1.29, 1.82) is 5.26 Å². The summed E-state index contributed by atoms with van der Waals surface area (Å²) in [6.07, 6.45) is 5.90. The first-order chi connectivity index (χ1) is 6.74. The van der Waals surface area contributed by atoms with Crippen molar-refractivity contribution in [3.63, 3.8) is 0 Å². The van der Waals surface area contributed by atoms with Gasteiger partial charge in [-0.15, -0.1) is 0 Å². The van der Waals surface area contributed by atoms with Crippen LogP contribution in [0.1, 0.15) is 39.0 Å². The molecule has 0 saturated heterocycles. The highest BCUT2D eigenvalue weighted by molar-refractivity contribution is 8.04. The second kappa shape index (κ2) is 5.92. The first-order valence-electron chi connectivity index (χ1n) is 5.09. The van der Waals surface area contributed by atoms with Gasteiger partial charge in [0.25, 0.3) is 0 Å². The molecular formula is C10H16N2OS. The van der Waals surface area contributed by atoms with E-state index in [1.165, 1.54) is 19.3 Å². The largest absolute Gasteiger partial charge is 0.352 e. The molecule has 14 heavy (non-hydrogen) atoms. The molecule has 1 amide bonds. The van der Waals surface area contributed by atoms with Crippen LogP contribution >= 0.6 is 11.8 Å². The number of carbonyl (C=O) groups is 1. The molecule has 0 heterocycles. The van der Waals surface area contributed by atoms with Gasteiger partial charge in [-0.05, 0) is 31.5 Å². The van der Waals surface area contributed by atoms with Crippen LogP contribution in [-0.2, 0) is 4.79 Å². The summed E-state index contributed by atoms with van der Waals surface area (Å²) >= 11 is 1.02. The van der Waals surface area contributed by atoms with Crippen molar-refractivity contribution in [3.05, 3.63) is 0 Å². The van der Waals surface area contributed by atoms with E-state index in [1.54, 1.807) is 6.92 Å². The third-order valence-corrected chi connectivity index (χ3v) is 3.22. The number of hydrogen-bond acceptors (Lipinski definition) is 3. The molecular weight excluding hydrogens is 196 g/mol. The third-order valence-electron chi connectivity index (χ3n) is 2.55. The zero-order chi connectivity index (χ0) is 10.4. The molecule has 0 aliphatic heterocycles. The molecule has 1 N–H and O–H groups in total. The molecule has 1 aliphatic carbocycles. The monoisotopic (exact) mass is 212 g/mol. The maximum Gasteiger partial charge on any atom is 0.234 e. The molecule has 0 bridgehead atoms. The Morgan fingerprint density at radius 3 is 2.71 bits per heavy atom. The summed E-state index contributed by atoms with van der Waals surface area (Å²) in [6.45, 7) is 1.77. The first-order valence-corrected chi connectivity index (χ1v) is 5.97. The Balaban J connectivity index is 2.28. The van der Waals surface area contributed by atoms with Crippen LogP contribution in [0.5, 0.6) is 0 Å². The summed E-state index contributed by atoms with van der Waals surface area (Å²) in [5.74, 6) is 0.00319. The van der Waals surface area contributed by atoms with Crippen molar-refractivity contribution < 1.29 is 4.79 Å². The average Bonchev–Trinajstić information content (AvgIpc) is 2.19. The van der Waals surface area contributed by atoms with E-state index in [4.69, 9.17) is 5.26 Å². The maximum atomic E-state index is 11.5. The number of hydrogen-bond donors (Lipinski definition) is 1. The number of amides is 1. The number of carbonyl (C=O) groups excluding carboxylic acids is 1. The lowest BCUT2D eigenvalue weighted by atomic mass is 9.95. The van der Waals surface area contributed by atoms with Crippen molar-refractivity contribution in [2.45, 2.75) is 50.3 Å². The number of rotatable bonds is 3. The van der Waals surface area contributed by atoms with E-state index in [0.29, 0.717) is 6.04 Å². The van der Waals surface area contributed by atoms with Gasteiger partial charge in [-0.2, -0.15) is 5.26 Å². The van der Waals surface area contributed by atoms with Gasteiger partial charge in [-0.1, -0.05) is 19.3 Å². The zero-order valence-corrected chi connectivity index (χ0v) is 9.27. The first kappa shape index (κ1) is 11.4. The molecule has 1 rings (SSSR count). The Hall–Kier alpha value is -0.690. The molecule has 0 aromatic rings. The quantitative estimate of drug-likeness (QED) is 0.728. The number of nitriles is 1. The van der Waals surface area contributed by atoms with E-state index >= 15 is 0 Å². The summed E-state index contributed by atoms with van der Waals surface area (Å²) in [5.41, 5.74) is 0. The molecule has 0 aromatic heterocycles. The highest BCUT2D eigenvalue weighted by atomic mass is 32.2. The Morgan fingerprint density at radius 1 is 1.50 bits per heavy atom. The van der Waals surface area contributed by atoms with Gasteiger partial charge in [0.15, 0.2) is 0 Å². The smallest absolute Gasteiger partial charge is 0.234 e. The molecule has 1 aliphatic rings. The number of thiocyanates is 1. The fourth-order valence-electron chi connectivity index (χ4n) is 1.70. The average molecular weight is 212 g/mol. The van der Waals surface area contributed by atoms with E-state index in [9.17, 15) is 4.79 Å². The highest BCUT2D eigenvalue weighted by Gasteiger charge is 2.19. The maximum absolute atomic E-state index is 11.5. The number of nitrogens with one attached hydrogen (secondary N) is 1. The highest BCUT2D eigenvalue weighted by Crippen LogP contribution is 2.18. The lowest BCUT2D eigenvalue weighted by Gasteiger charge is -2.23. The molecule has 1 atom stereocenters. The van der Waals surface area contributed by atoms with Crippen molar-refractivity contribution in [2.75, 3.05) is 0 Å². The van der Waals surface area contributed by atoms with Crippen LogP contribution in [0.4, 0.5) is 0 Å². The normalized spacial score (nSPS) is 19.7. The number of thioether (sulfide) groups is 1. The van der Waals surface area contributed by atoms with Crippen molar-refractivity contribution in [2.24, 2.45) is 0 Å². The summed E-state index contributed by atoms with van der Waals surface area (Å²) in [5, 5.41) is 13.1. The van der Waals surface area contributed by atoms with E-state index in [-0.39, 0.29) is 11.2 Å². The second-order valence-electron chi connectivity index (χ2n) is 3.69. The Bertz CT molecular complexity index is 231. The molecule has 4 heteroatoms. The molecule has 78 valence electrons. The van der Waals surface area contributed by atoms with Crippen LogP contribution in [0.3, 0.4) is 0 Å². The molecule has 1 fully saturated rings. The minimum atomic E-state index is -0.248. The molecule has 0 aromatic carbocycles. The van der Waals surface area contributed by atoms with Gasteiger partial charge < -0.3 is 5.32 Å². The third kappa shape index (κ3) is 3.59. The lowest BCUT2D eigenvalue weighted by molar-refractivity contribution is -0.121. The second-order valence-corrected chi connectivity index (χ2v) is 4.82. The standard InChI is InChI=1S/C10H16N2OS/c1-8(14-7-11)10(13)12-9-5-3-2-4-6-9/h8-9H,2-6H2,1H3,(H,12,13). The molecule has 1 saturated carbocycles. The van der Waals surface area contributed by atoms with E-state index in [2.05, 4.69) is 5.32 Å². The summed E-state index contributed by atoms with van der Waals surface area (Å²) in [6, 6.07) is 0.345. The zero-order valence-electron chi connectivity index (χ0n) is 8.45. The van der Waals surface area contributed by atoms with Gasteiger partial charge in [0.05, 0.1) is 5.25 Å². The van der Waals surface area contributed by atoms with E-state index in [1.807, 2.05) is 5.40 Å². The van der Waals surface area contributed by atoms with Gasteiger partial charge in [-0.3, -0.25) is 4.79 Å². The van der Waals surface area contributed by atoms with Gasteiger partial charge in [0.1, 0.15) is 5.40 Å². The Labute approximate surface area is 89.2 Å². The summed E-state index contributed by atoms with van der Waals surface area (Å²) < 4.78 is 0. The van der Waals surface area contributed by atoms with Crippen LogP contribution in [0.2, 0.25) is 0 Å². The lowest BCUT2D eigenvalue weighted by Crippen LogP contribution is -2.40. The molecule has 0 radical (unpaired) electrons. The minimum Gasteiger partial charge on any atom is -0.352 e. The molecule has 3 nitrogen and oxygen atoms in total. The predicted octanol–water partition coefficient (Wildman–Crippen LogP) is 2.04. The van der Waals surface area contributed by atoms with Crippen LogP contribution in [-0.4, -0.2) is 17.2 Å². The van der Waals surface area contributed by atoms with Gasteiger partial charge in [-0.25, -0.2) is 0 Å². The van der Waals surface area contributed by atoms with E-state index in [0.717, 1.165) is 24.6 Å². The summed E-state index contributed by atoms with van der Waals surface area (Å²) in [7, 11) is 0. The number of nitrogens with zero attached hydrogens (tertiary/aromatic N) is 1. The predicted molar refractivity (Wildman–Crippen MR) is 57.7 cm³/mol. The SMILES string of the molecule is CC(SC#N)C(=O)NC1CCCCC1. The van der Waals surface area contributed by atoms with Gasteiger partial charge in [0.2, 0.25) is 5.91 Å². The van der Waals surface area contributed by atoms with Crippen LogP contribution in [0.25, 0.3) is 0 Å². The van der Waals surface area contributed by atoms with Crippen LogP contribution in [0.15, 0.2) is 0 Å². The van der Waals surface area contributed by atoms with Gasteiger partial charge in [0, 0.05) is 6.04 Å². The topological polar surface area (TPSA) is 52.9 Å². The Kier molecular flexibility index (Phi) is 4.81. The Morgan fingerprint density at radius 2 is 2.14 bits per heavy atom. The van der Waals surface area contributed by atoms with Crippen LogP contribution < -0.4 is 5.32 Å². The van der Waals surface area contributed by atoms with Crippen molar-refractivity contribution >= 4 is 17.7 Å². The van der Waals surface area contributed by atoms with Crippen molar-refractivity contribution in [3.8, 4) is 5.40 Å². The fraction of sp³-hybridized carbons (Fsp3) is 0.800. The summed E-state index contributed by atoms with van der Waals surface area (Å²) in [4.78, 5) is 11.5. The van der Waals surface area contributed by atoms with Gasteiger partial charge >= 0.3 is 0 Å².